The Balaban J connectivity index is 2.18. The van der Waals surface area contributed by atoms with Crippen molar-refractivity contribution in [3.63, 3.8) is 0 Å². The standard InChI is InChI=1S/C16H22N2O5S/c1-2-3-9-17(14-8-10-24(22,23)12-14)16(19)11-13-6-4-5-7-15(13)18(20)21/h4-7,14H,2-3,8-12H2,1H3. The molecule has 1 aliphatic heterocycles. The Morgan fingerprint density at radius 1 is 1.38 bits per heavy atom. The van der Waals surface area contributed by atoms with Gasteiger partial charge in [-0.1, -0.05) is 31.5 Å². The molecule has 1 aromatic carbocycles. The van der Waals surface area contributed by atoms with Crippen molar-refractivity contribution in [2.45, 2.75) is 38.6 Å². The summed E-state index contributed by atoms with van der Waals surface area (Å²) in [6, 6.07) is 5.84. The van der Waals surface area contributed by atoms with E-state index in [0.717, 1.165) is 12.8 Å². The second-order valence-corrected chi connectivity index (χ2v) is 8.29. The van der Waals surface area contributed by atoms with Crippen LogP contribution in [0.1, 0.15) is 31.7 Å². The highest BCUT2D eigenvalue weighted by Gasteiger charge is 2.34. The molecule has 0 aliphatic carbocycles. The summed E-state index contributed by atoms with van der Waals surface area (Å²) >= 11 is 0. The molecule has 0 radical (unpaired) electrons. The van der Waals surface area contributed by atoms with Crippen LogP contribution >= 0.6 is 0 Å². The van der Waals surface area contributed by atoms with Gasteiger partial charge >= 0.3 is 0 Å². The molecule has 0 saturated carbocycles. The predicted molar refractivity (Wildman–Crippen MR) is 90.5 cm³/mol. The van der Waals surface area contributed by atoms with E-state index in [0.29, 0.717) is 18.5 Å². The topological polar surface area (TPSA) is 97.6 Å². The molecule has 132 valence electrons. The SMILES string of the molecule is CCCCN(C(=O)Cc1ccccc1[N+](=O)[O-])C1CCS(=O)(=O)C1. The molecule has 1 unspecified atom stereocenters. The predicted octanol–water partition coefficient (Wildman–Crippen LogP) is 1.95. The van der Waals surface area contributed by atoms with Crippen molar-refractivity contribution in [2.75, 3.05) is 18.1 Å². The number of hydrogen-bond acceptors (Lipinski definition) is 5. The van der Waals surface area contributed by atoms with E-state index in [2.05, 4.69) is 0 Å². The zero-order valence-electron chi connectivity index (χ0n) is 13.7. The van der Waals surface area contributed by atoms with Gasteiger partial charge in [0.15, 0.2) is 9.84 Å². The van der Waals surface area contributed by atoms with Gasteiger partial charge in [-0.25, -0.2) is 8.42 Å². The third kappa shape index (κ3) is 4.53. The summed E-state index contributed by atoms with van der Waals surface area (Å²) in [6.07, 6.45) is 2.01. The first-order valence-electron chi connectivity index (χ1n) is 8.06. The molecular weight excluding hydrogens is 332 g/mol. The van der Waals surface area contributed by atoms with Crippen molar-refractivity contribution in [2.24, 2.45) is 0 Å². The molecule has 1 aliphatic rings. The van der Waals surface area contributed by atoms with Gasteiger partial charge in [0.1, 0.15) is 0 Å². The molecule has 1 atom stereocenters. The quantitative estimate of drug-likeness (QED) is 0.551. The lowest BCUT2D eigenvalue weighted by molar-refractivity contribution is -0.385. The lowest BCUT2D eigenvalue weighted by Crippen LogP contribution is -2.42. The maximum absolute atomic E-state index is 12.7. The smallest absolute Gasteiger partial charge is 0.273 e. The van der Waals surface area contributed by atoms with E-state index in [1.54, 1.807) is 23.1 Å². The van der Waals surface area contributed by atoms with Gasteiger partial charge in [-0.3, -0.25) is 14.9 Å². The summed E-state index contributed by atoms with van der Waals surface area (Å²) < 4.78 is 23.4. The van der Waals surface area contributed by atoms with E-state index >= 15 is 0 Å². The van der Waals surface area contributed by atoms with Crippen LogP contribution in [-0.4, -0.2) is 48.2 Å². The highest BCUT2D eigenvalue weighted by Crippen LogP contribution is 2.22. The molecule has 0 aromatic heterocycles. The highest BCUT2D eigenvalue weighted by molar-refractivity contribution is 7.91. The monoisotopic (exact) mass is 354 g/mol. The van der Waals surface area contributed by atoms with Crippen LogP contribution in [0.15, 0.2) is 24.3 Å². The van der Waals surface area contributed by atoms with Crippen LogP contribution in [0.5, 0.6) is 0 Å². The molecule has 1 amide bonds. The summed E-state index contributed by atoms with van der Waals surface area (Å²) in [6.45, 7) is 2.48. The van der Waals surface area contributed by atoms with Crippen molar-refractivity contribution in [1.82, 2.24) is 4.90 Å². The first-order valence-corrected chi connectivity index (χ1v) is 9.88. The number of carbonyl (C=O) groups excluding carboxylic acids is 1. The normalized spacial score (nSPS) is 19.1. The Bertz CT molecular complexity index is 717. The summed E-state index contributed by atoms with van der Waals surface area (Å²) in [7, 11) is -3.10. The second kappa shape index (κ2) is 7.74. The lowest BCUT2D eigenvalue weighted by Gasteiger charge is -2.28. The fourth-order valence-corrected chi connectivity index (χ4v) is 4.69. The van der Waals surface area contributed by atoms with Crippen LogP contribution in [0, 0.1) is 10.1 Å². The maximum atomic E-state index is 12.7. The minimum Gasteiger partial charge on any atom is -0.338 e. The molecule has 0 spiro atoms. The summed E-state index contributed by atoms with van der Waals surface area (Å²) in [5.41, 5.74) is 0.273. The van der Waals surface area contributed by atoms with E-state index in [9.17, 15) is 23.3 Å². The van der Waals surface area contributed by atoms with Crippen LogP contribution in [0.3, 0.4) is 0 Å². The van der Waals surface area contributed by atoms with Gasteiger partial charge in [0.25, 0.3) is 5.69 Å². The summed E-state index contributed by atoms with van der Waals surface area (Å²) in [5, 5.41) is 11.1. The number of unbranched alkanes of at least 4 members (excludes halogenated alkanes) is 1. The second-order valence-electron chi connectivity index (χ2n) is 6.06. The minimum atomic E-state index is -3.10. The number of para-hydroxylation sites is 1. The molecule has 1 fully saturated rings. The van der Waals surface area contributed by atoms with E-state index in [1.165, 1.54) is 6.07 Å². The molecule has 1 saturated heterocycles. The van der Waals surface area contributed by atoms with Gasteiger partial charge in [-0.15, -0.1) is 0 Å². The number of nitro benzene ring substituents is 1. The molecule has 7 nitrogen and oxygen atoms in total. The zero-order valence-corrected chi connectivity index (χ0v) is 14.5. The van der Waals surface area contributed by atoms with Gasteiger partial charge in [0.05, 0.1) is 22.8 Å². The van der Waals surface area contributed by atoms with Crippen molar-refractivity contribution in [3.05, 3.63) is 39.9 Å². The van der Waals surface area contributed by atoms with E-state index in [4.69, 9.17) is 0 Å². The molecule has 0 bridgehead atoms. The number of rotatable bonds is 7. The van der Waals surface area contributed by atoms with Gasteiger partial charge in [0.2, 0.25) is 5.91 Å². The van der Waals surface area contributed by atoms with Gasteiger partial charge in [-0.2, -0.15) is 0 Å². The fourth-order valence-electron chi connectivity index (χ4n) is 2.96. The van der Waals surface area contributed by atoms with Crippen molar-refractivity contribution in [1.29, 1.82) is 0 Å². The molecule has 0 N–H and O–H groups in total. The molecule has 2 rings (SSSR count). The first-order chi connectivity index (χ1) is 11.3. The number of benzene rings is 1. The zero-order chi connectivity index (χ0) is 17.7. The summed E-state index contributed by atoms with van der Waals surface area (Å²) in [5.74, 6) is -0.168. The largest absolute Gasteiger partial charge is 0.338 e. The van der Waals surface area contributed by atoms with Crippen LogP contribution in [0.25, 0.3) is 0 Å². The maximum Gasteiger partial charge on any atom is 0.273 e. The highest BCUT2D eigenvalue weighted by atomic mass is 32.2. The minimum absolute atomic E-state index is 0.0145. The van der Waals surface area contributed by atoms with Crippen LogP contribution in [0.2, 0.25) is 0 Å². The average molecular weight is 354 g/mol. The van der Waals surface area contributed by atoms with E-state index in [1.807, 2.05) is 6.92 Å². The number of sulfone groups is 1. The van der Waals surface area contributed by atoms with Crippen LogP contribution < -0.4 is 0 Å². The van der Waals surface area contributed by atoms with Gasteiger partial charge in [-0.05, 0) is 12.8 Å². The molecule has 8 heteroatoms. The van der Waals surface area contributed by atoms with Crippen LogP contribution in [0.4, 0.5) is 5.69 Å². The van der Waals surface area contributed by atoms with Crippen molar-refractivity contribution in [3.8, 4) is 0 Å². The van der Waals surface area contributed by atoms with Crippen molar-refractivity contribution >= 4 is 21.4 Å². The third-order valence-electron chi connectivity index (χ3n) is 4.25. The van der Waals surface area contributed by atoms with Gasteiger partial charge in [0, 0.05) is 24.2 Å². The number of amides is 1. The van der Waals surface area contributed by atoms with E-state index in [-0.39, 0.29) is 35.6 Å². The molecular formula is C16H22N2O5S. The molecule has 1 aromatic rings. The Hall–Kier alpha value is -1.96. The number of hydrogen-bond donors (Lipinski definition) is 0. The number of nitrogens with zero attached hydrogens (tertiary/aromatic N) is 2. The average Bonchev–Trinajstić information content (AvgIpc) is 2.88. The van der Waals surface area contributed by atoms with Crippen LogP contribution in [-0.2, 0) is 21.1 Å². The molecule has 24 heavy (non-hydrogen) atoms. The van der Waals surface area contributed by atoms with Crippen molar-refractivity contribution < 1.29 is 18.1 Å². The third-order valence-corrected chi connectivity index (χ3v) is 6.00. The molecule has 1 heterocycles. The Kier molecular flexibility index (Phi) is 5.93. The lowest BCUT2D eigenvalue weighted by atomic mass is 10.1. The summed E-state index contributed by atoms with van der Waals surface area (Å²) in [4.78, 5) is 24.9. The Morgan fingerprint density at radius 2 is 2.08 bits per heavy atom. The number of carbonyl (C=O) groups is 1. The fraction of sp³-hybridized carbons (Fsp3) is 0.562. The van der Waals surface area contributed by atoms with E-state index < -0.39 is 14.8 Å². The Morgan fingerprint density at radius 3 is 2.67 bits per heavy atom. The van der Waals surface area contributed by atoms with Gasteiger partial charge < -0.3 is 4.90 Å². The number of nitro groups is 1. The first kappa shape index (κ1) is 18.4. The Labute approximate surface area is 141 Å².